The Labute approximate surface area is 102 Å². The molecule has 2 rings (SSSR count). The molecule has 1 aliphatic rings. The van der Waals surface area contributed by atoms with E-state index >= 15 is 0 Å². The Morgan fingerprint density at radius 1 is 1.53 bits per heavy atom. The first-order chi connectivity index (χ1) is 7.15. The zero-order valence-corrected chi connectivity index (χ0v) is 10.9. The molecule has 15 heavy (non-hydrogen) atoms. The summed E-state index contributed by atoms with van der Waals surface area (Å²) in [4.78, 5) is 0. The highest BCUT2D eigenvalue weighted by atomic mass is 79.9. The van der Waals surface area contributed by atoms with Crippen molar-refractivity contribution in [2.75, 3.05) is 11.1 Å². The van der Waals surface area contributed by atoms with Crippen molar-refractivity contribution in [3.63, 3.8) is 0 Å². The molecule has 1 saturated heterocycles. The summed E-state index contributed by atoms with van der Waals surface area (Å²) in [7, 11) is 0. The van der Waals surface area contributed by atoms with Gasteiger partial charge in [-0.1, -0.05) is 6.92 Å². The minimum atomic E-state index is -0.210. The van der Waals surface area contributed by atoms with Gasteiger partial charge >= 0.3 is 0 Å². The Bertz CT molecular complexity index is 358. The lowest BCUT2D eigenvalue weighted by Gasteiger charge is -2.13. The van der Waals surface area contributed by atoms with E-state index in [0.29, 0.717) is 15.8 Å². The summed E-state index contributed by atoms with van der Waals surface area (Å²) in [6.45, 7) is 2.23. The first-order valence-corrected chi connectivity index (χ1v) is 6.82. The van der Waals surface area contributed by atoms with E-state index in [-0.39, 0.29) is 5.82 Å². The largest absolute Gasteiger partial charge is 0.381 e. The van der Waals surface area contributed by atoms with Crippen molar-refractivity contribution in [3.8, 4) is 0 Å². The van der Waals surface area contributed by atoms with Crippen LogP contribution in [0, 0.1) is 5.82 Å². The highest BCUT2D eigenvalue weighted by Gasteiger charge is 2.21. The molecule has 1 N–H and O–H groups in total. The second kappa shape index (κ2) is 4.74. The summed E-state index contributed by atoms with van der Waals surface area (Å²) in [6, 6.07) is 5.66. The van der Waals surface area contributed by atoms with Crippen LogP contribution in [0.15, 0.2) is 22.7 Å². The SMILES string of the molecule is CC1CC(Nc2ccc(Br)c(F)c2)CS1. The molecule has 1 fully saturated rings. The Morgan fingerprint density at radius 2 is 2.33 bits per heavy atom. The normalized spacial score (nSPS) is 25.5. The third kappa shape index (κ3) is 2.88. The summed E-state index contributed by atoms with van der Waals surface area (Å²) >= 11 is 5.11. The van der Waals surface area contributed by atoms with Gasteiger partial charge in [0.05, 0.1) is 4.47 Å². The number of rotatable bonds is 2. The van der Waals surface area contributed by atoms with Crippen molar-refractivity contribution in [3.05, 3.63) is 28.5 Å². The van der Waals surface area contributed by atoms with E-state index in [4.69, 9.17) is 0 Å². The Hall–Kier alpha value is -0.220. The van der Waals surface area contributed by atoms with E-state index in [1.54, 1.807) is 6.07 Å². The predicted molar refractivity (Wildman–Crippen MR) is 68.0 cm³/mol. The number of thioether (sulfide) groups is 1. The van der Waals surface area contributed by atoms with Gasteiger partial charge in [0.15, 0.2) is 0 Å². The van der Waals surface area contributed by atoms with Crippen molar-refractivity contribution in [1.29, 1.82) is 0 Å². The van der Waals surface area contributed by atoms with Crippen LogP contribution in [-0.2, 0) is 0 Å². The molecule has 1 aliphatic heterocycles. The summed E-state index contributed by atoms with van der Waals surface area (Å²) in [6.07, 6.45) is 1.16. The number of nitrogens with one attached hydrogen (secondary N) is 1. The molecule has 0 saturated carbocycles. The Balaban J connectivity index is 2.02. The van der Waals surface area contributed by atoms with Crippen LogP contribution in [0.4, 0.5) is 10.1 Å². The van der Waals surface area contributed by atoms with Crippen molar-refractivity contribution >= 4 is 33.4 Å². The van der Waals surface area contributed by atoms with E-state index in [1.807, 2.05) is 17.8 Å². The minimum Gasteiger partial charge on any atom is -0.381 e. The number of anilines is 1. The lowest BCUT2D eigenvalue weighted by atomic mass is 10.2. The second-order valence-corrected chi connectivity index (χ2v) is 6.18. The van der Waals surface area contributed by atoms with Gasteiger partial charge in [0.1, 0.15) is 5.82 Å². The molecule has 2 atom stereocenters. The van der Waals surface area contributed by atoms with E-state index in [2.05, 4.69) is 28.2 Å². The number of hydrogen-bond donors (Lipinski definition) is 1. The van der Waals surface area contributed by atoms with Crippen molar-refractivity contribution < 1.29 is 4.39 Å². The van der Waals surface area contributed by atoms with Crippen LogP contribution in [0.25, 0.3) is 0 Å². The van der Waals surface area contributed by atoms with Crippen LogP contribution in [0.3, 0.4) is 0 Å². The van der Waals surface area contributed by atoms with Crippen LogP contribution < -0.4 is 5.32 Å². The monoisotopic (exact) mass is 289 g/mol. The Kier molecular flexibility index (Phi) is 3.57. The molecule has 82 valence electrons. The molecule has 4 heteroatoms. The van der Waals surface area contributed by atoms with Crippen molar-refractivity contribution in [2.24, 2.45) is 0 Å². The standard InChI is InChI=1S/C11H13BrFNS/c1-7-4-9(6-15-7)14-8-2-3-10(12)11(13)5-8/h2-3,5,7,9,14H,4,6H2,1H3. The van der Waals surface area contributed by atoms with Gasteiger partial charge in [-0.05, 0) is 40.5 Å². The van der Waals surface area contributed by atoms with Gasteiger partial charge in [0.2, 0.25) is 0 Å². The quantitative estimate of drug-likeness (QED) is 0.886. The van der Waals surface area contributed by atoms with Gasteiger partial charge in [-0.15, -0.1) is 0 Å². The molecule has 1 heterocycles. The van der Waals surface area contributed by atoms with Gasteiger partial charge in [-0.2, -0.15) is 11.8 Å². The zero-order chi connectivity index (χ0) is 10.8. The predicted octanol–water partition coefficient (Wildman–Crippen LogP) is 3.89. The molecule has 1 aromatic carbocycles. The molecular weight excluding hydrogens is 277 g/mol. The maximum atomic E-state index is 13.2. The summed E-state index contributed by atoms with van der Waals surface area (Å²) in [5, 5.41) is 4.07. The fraction of sp³-hybridized carbons (Fsp3) is 0.455. The molecule has 1 nitrogen and oxygen atoms in total. The zero-order valence-electron chi connectivity index (χ0n) is 8.47. The van der Waals surface area contributed by atoms with E-state index in [0.717, 1.165) is 17.9 Å². The molecular formula is C11H13BrFNS. The van der Waals surface area contributed by atoms with Gasteiger partial charge in [0, 0.05) is 22.7 Å². The first kappa shape index (κ1) is 11.3. The minimum absolute atomic E-state index is 0.210. The summed E-state index contributed by atoms with van der Waals surface area (Å²) < 4.78 is 13.8. The summed E-state index contributed by atoms with van der Waals surface area (Å²) in [5.41, 5.74) is 0.871. The van der Waals surface area contributed by atoms with E-state index in [9.17, 15) is 4.39 Å². The van der Waals surface area contributed by atoms with Crippen molar-refractivity contribution in [2.45, 2.75) is 24.6 Å². The van der Waals surface area contributed by atoms with Crippen LogP contribution >= 0.6 is 27.7 Å². The molecule has 0 aliphatic carbocycles. The van der Waals surface area contributed by atoms with Crippen molar-refractivity contribution in [1.82, 2.24) is 0 Å². The molecule has 0 amide bonds. The highest BCUT2D eigenvalue weighted by molar-refractivity contribution is 9.10. The smallest absolute Gasteiger partial charge is 0.139 e. The summed E-state index contributed by atoms with van der Waals surface area (Å²) in [5.74, 6) is 0.900. The van der Waals surface area contributed by atoms with E-state index in [1.165, 1.54) is 6.07 Å². The van der Waals surface area contributed by atoms with Crippen LogP contribution in [0.5, 0.6) is 0 Å². The van der Waals surface area contributed by atoms with Gasteiger partial charge in [-0.3, -0.25) is 0 Å². The van der Waals surface area contributed by atoms with Crippen LogP contribution in [0.1, 0.15) is 13.3 Å². The average molecular weight is 290 g/mol. The molecule has 2 unspecified atom stereocenters. The second-order valence-electron chi connectivity index (χ2n) is 3.85. The molecule has 0 bridgehead atoms. The lowest BCUT2D eigenvalue weighted by molar-refractivity contribution is 0.621. The molecule has 1 aromatic rings. The maximum Gasteiger partial charge on any atom is 0.139 e. The molecule has 0 spiro atoms. The van der Waals surface area contributed by atoms with Gasteiger partial charge in [0.25, 0.3) is 0 Å². The first-order valence-electron chi connectivity index (χ1n) is 4.98. The fourth-order valence-corrected chi connectivity index (χ4v) is 3.13. The van der Waals surface area contributed by atoms with Crippen LogP contribution in [0.2, 0.25) is 0 Å². The maximum absolute atomic E-state index is 13.2. The number of benzene rings is 1. The lowest BCUT2D eigenvalue weighted by Crippen LogP contribution is -2.18. The number of hydrogen-bond acceptors (Lipinski definition) is 2. The van der Waals surface area contributed by atoms with Gasteiger partial charge < -0.3 is 5.32 Å². The van der Waals surface area contributed by atoms with Crippen LogP contribution in [-0.4, -0.2) is 17.0 Å². The molecule has 0 radical (unpaired) electrons. The number of halogens is 2. The molecule has 0 aromatic heterocycles. The third-order valence-corrected chi connectivity index (χ3v) is 4.49. The Morgan fingerprint density at radius 3 is 2.93 bits per heavy atom. The fourth-order valence-electron chi connectivity index (χ4n) is 1.74. The average Bonchev–Trinajstić information content (AvgIpc) is 2.58. The van der Waals surface area contributed by atoms with E-state index < -0.39 is 0 Å². The topological polar surface area (TPSA) is 12.0 Å². The third-order valence-electron chi connectivity index (χ3n) is 2.49. The highest BCUT2D eigenvalue weighted by Crippen LogP contribution is 2.29. The van der Waals surface area contributed by atoms with Gasteiger partial charge in [-0.25, -0.2) is 4.39 Å².